The Labute approximate surface area is 115 Å². The molecule has 1 rings (SSSR count). The quantitative estimate of drug-likeness (QED) is 0.594. The highest BCUT2D eigenvalue weighted by Crippen LogP contribution is 2.23. The van der Waals surface area contributed by atoms with Crippen molar-refractivity contribution in [2.75, 3.05) is 31.7 Å². The summed E-state index contributed by atoms with van der Waals surface area (Å²) in [5.74, 6) is 0. The molecule has 0 atom stereocenters. The summed E-state index contributed by atoms with van der Waals surface area (Å²) in [6, 6.07) is 4.79. The zero-order valence-corrected chi connectivity index (χ0v) is 12.6. The van der Waals surface area contributed by atoms with Crippen molar-refractivity contribution >= 4 is 21.4 Å². The van der Waals surface area contributed by atoms with Crippen LogP contribution in [-0.2, 0) is 10.0 Å². The summed E-state index contributed by atoms with van der Waals surface area (Å²) in [7, 11) is -0.415. The fourth-order valence-electron chi connectivity index (χ4n) is 1.67. The first kappa shape index (κ1) is 15.8. The highest BCUT2D eigenvalue weighted by molar-refractivity contribution is 7.89. The van der Waals surface area contributed by atoms with Crippen LogP contribution in [0.4, 0.5) is 11.4 Å². The number of nitrogen functional groups attached to an aromatic ring is 1. The van der Waals surface area contributed by atoms with E-state index >= 15 is 0 Å². The molecule has 0 saturated heterocycles. The summed E-state index contributed by atoms with van der Waals surface area (Å²) in [5, 5.41) is 3.22. The second kappa shape index (κ2) is 6.77. The monoisotopic (exact) mass is 285 g/mol. The van der Waals surface area contributed by atoms with Crippen molar-refractivity contribution < 1.29 is 8.42 Å². The number of anilines is 2. The first-order valence-electron chi connectivity index (χ1n) is 6.45. The molecule has 0 aliphatic heterocycles. The van der Waals surface area contributed by atoms with Crippen molar-refractivity contribution in [3.8, 4) is 0 Å². The SMILES string of the molecule is CCCCCNc1ccc(S(=O)(=O)N(C)C)cc1N. The average Bonchev–Trinajstić information content (AvgIpc) is 2.35. The van der Waals surface area contributed by atoms with Gasteiger partial charge in [-0.2, -0.15) is 0 Å². The summed E-state index contributed by atoms with van der Waals surface area (Å²) in [6.45, 7) is 2.99. The highest BCUT2D eigenvalue weighted by Gasteiger charge is 2.17. The molecule has 0 bridgehead atoms. The van der Waals surface area contributed by atoms with Crippen molar-refractivity contribution in [3.05, 3.63) is 18.2 Å². The average molecular weight is 285 g/mol. The minimum absolute atomic E-state index is 0.217. The number of sulfonamides is 1. The molecule has 0 unspecified atom stereocenters. The molecule has 0 radical (unpaired) electrons. The smallest absolute Gasteiger partial charge is 0.242 e. The lowest BCUT2D eigenvalue weighted by atomic mass is 10.2. The van der Waals surface area contributed by atoms with Gasteiger partial charge in [0.1, 0.15) is 0 Å². The minimum Gasteiger partial charge on any atom is -0.397 e. The van der Waals surface area contributed by atoms with Gasteiger partial charge < -0.3 is 11.1 Å². The number of hydrogen-bond donors (Lipinski definition) is 2. The van der Waals surface area contributed by atoms with Gasteiger partial charge in [-0.05, 0) is 24.6 Å². The summed E-state index contributed by atoms with van der Waals surface area (Å²) < 4.78 is 25.1. The Balaban J connectivity index is 2.81. The largest absolute Gasteiger partial charge is 0.397 e. The molecule has 0 fully saturated rings. The third kappa shape index (κ3) is 4.11. The predicted octanol–water partition coefficient (Wildman–Crippen LogP) is 2.12. The third-order valence-corrected chi connectivity index (χ3v) is 4.71. The van der Waals surface area contributed by atoms with E-state index < -0.39 is 10.0 Å². The maximum atomic E-state index is 11.9. The number of nitrogens with two attached hydrogens (primary N) is 1. The molecular weight excluding hydrogens is 262 g/mol. The van der Waals surface area contributed by atoms with Crippen LogP contribution in [0.25, 0.3) is 0 Å². The van der Waals surface area contributed by atoms with Gasteiger partial charge in [-0.3, -0.25) is 0 Å². The van der Waals surface area contributed by atoms with E-state index in [1.807, 2.05) is 0 Å². The van der Waals surface area contributed by atoms with Crippen LogP contribution in [0.1, 0.15) is 26.2 Å². The Morgan fingerprint density at radius 2 is 1.95 bits per heavy atom. The lowest BCUT2D eigenvalue weighted by Gasteiger charge is -2.14. The van der Waals surface area contributed by atoms with Gasteiger partial charge in [0, 0.05) is 20.6 Å². The Kier molecular flexibility index (Phi) is 5.62. The van der Waals surface area contributed by atoms with Crippen LogP contribution in [0.2, 0.25) is 0 Å². The first-order valence-corrected chi connectivity index (χ1v) is 7.89. The Bertz CT molecular complexity index is 513. The molecule has 0 spiro atoms. The third-order valence-electron chi connectivity index (χ3n) is 2.90. The summed E-state index contributed by atoms with van der Waals surface area (Å²) >= 11 is 0. The number of rotatable bonds is 7. The molecule has 0 aliphatic carbocycles. The van der Waals surface area contributed by atoms with E-state index in [9.17, 15) is 8.42 Å². The molecule has 1 aromatic rings. The van der Waals surface area contributed by atoms with Crippen LogP contribution in [0.5, 0.6) is 0 Å². The number of benzene rings is 1. The Hall–Kier alpha value is -1.27. The van der Waals surface area contributed by atoms with Crippen molar-refractivity contribution in [2.24, 2.45) is 0 Å². The fraction of sp³-hybridized carbons (Fsp3) is 0.538. The molecule has 0 aromatic heterocycles. The maximum absolute atomic E-state index is 11.9. The molecule has 108 valence electrons. The van der Waals surface area contributed by atoms with Crippen LogP contribution >= 0.6 is 0 Å². The Morgan fingerprint density at radius 1 is 1.26 bits per heavy atom. The normalized spacial score (nSPS) is 11.8. The predicted molar refractivity (Wildman–Crippen MR) is 79.7 cm³/mol. The van der Waals surface area contributed by atoms with Crippen molar-refractivity contribution in [3.63, 3.8) is 0 Å². The van der Waals surface area contributed by atoms with Crippen LogP contribution in [0.3, 0.4) is 0 Å². The van der Waals surface area contributed by atoms with Gasteiger partial charge in [0.2, 0.25) is 10.0 Å². The molecule has 3 N–H and O–H groups in total. The van der Waals surface area contributed by atoms with Crippen LogP contribution in [0.15, 0.2) is 23.1 Å². The van der Waals surface area contributed by atoms with E-state index in [1.54, 1.807) is 12.1 Å². The van der Waals surface area contributed by atoms with E-state index in [0.717, 1.165) is 25.1 Å². The van der Waals surface area contributed by atoms with Crippen LogP contribution in [0, 0.1) is 0 Å². The molecule has 5 nitrogen and oxygen atoms in total. The van der Waals surface area contributed by atoms with Crippen LogP contribution in [-0.4, -0.2) is 33.4 Å². The lowest BCUT2D eigenvalue weighted by molar-refractivity contribution is 0.521. The minimum atomic E-state index is -3.42. The first-order chi connectivity index (χ1) is 8.89. The van der Waals surface area contributed by atoms with E-state index in [4.69, 9.17) is 5.73 Å². The number of nitrogens with zero attached hydrogens (tertiary/aromatic N) is 1. The fourth-order valence-corrected chi connectivity index (χ4v) is 2.61. The maximum Gasteiger partial charge on any atom is 0.242 e. The zero-order chi connectivity index (χ0) is 14.5. The van der Waals surface area contributed by atoms with Gasteiger partial charge in [0.05, 0.1) is 16.3 Å². The van der Waals surface area contributed by atoms with Crippen LogP contribution < -0.4 is 11.1 Å². The molecule has 0 saturated carbocycles. The zero-order valence-electron chi connectivity index (χ0n) is 11.8. The highest BCUT2D eigenvalue weighted by atomic mass is 32.2. The van der Waals surface area contributed by atoms with E-state index in [2.05, 4.69) is 12.2 Å². The molecule has 1 aromatic carbocycles. The molecule has 19 heavy (non-hydrogen) atoms. The number of hydrogen-bond acceptors (Lipinski definition) is 4. The van der Waals surface area contributed by atoms with Gasteiger partial charge in [-0.25, -0.2) is 12.7 Å². The van der Waals surface area contributed by atoms with Crippen molar-refractivity contribution in [1.29, 1.82) is 0 Å². The molecule has 0 amide bonds. The van der Waals surface area contributed by atoms with Gasteiger partial charge in [-0.1, -0.05) is 19.8 Å². The van der Waals surface area contributed by atoms with Crippen molar-refractivity contribution in [2.45, 2.75) is 31.1 Å². The summed E-state index contributed by atoms with van der Waals surface area (Å²) in [5.41, 5.74) is 7.13. The van der Waals surface area contributed by atoms with Gasteiger partial charge in [0.15, 0.2) is 0 Å². The molecule has 0 aliphatic rings. The number of nitrogens with one attached hydrogen (secondary N) is 1. The number of unbranched alkanes of at least 4 members (excludes halogenated alkanes) is 2. The van der Waals surface area contributed by atoms with E-state index in [1.165, 1.54) is 30.9 Å². The summed E-state index contributed by atoms with van der Waals surface area (Å²) in [6.07, 6.45) is 3.41. The molecular formula is C13H23N3O2S. The van der Waals surface area contributed by atoms with E-state index in [-0.39, 0.29) is 4.90 Å². The van der Waals surface area contributed by atoms with Gasteiger partial charge in [0.25, 0.3) is 0 Å². The summed E-state index contributed by atoms with van der Waals surface area (Å²) in [4.78, 5) is 0.217. The second-order valence-electron chi connectivity index (χ2n) is 4.67. The molecule has 6 heteroatoms. The topological polar surface area (TPSA) is 75.4 Å². The van der Waals surface area contributed by atoms with Gasteiger partial charge in [-0.15, -0.1) is 0 Å². The van der Waals surface area contributed by atoms with Crippen molar-refractivity contribution in [1.82, 2.24) is 4.31 Å². The van der Waals surface area contributed by atoms with E-state index in [0.29, 0.717) is 5.69 Å². The molecule has 0 heterocycles. The Morgan fingerprint density at radius 3 is 2.47 bits per heavy atom. The van der Waals surface area contributed by atoms with Gasteiger partial charge >= 0.3 is 0 Å². The standard InChI is InChI=1S/C13H23N3O2S/c1-4-5-6-9-15-13-8-7-11(10-12(13)14)19(17,18)16(2)3/h7-8,10,15H,4-6,9,14H2,1-3H3. The second-order valence-corrected chi connectivity index (χ2v) is 6.82. The lowest BCUT2D eigenvalue weighted by Crippen LogP contribution is -2.22.